The van der Waals surface area contributed by atoms with Crippen LogP contribution in [0.4, 0.5) is 5.69 Å². The summed E-state index contributed by atoms with van der Waals surface area (Å²) < 4.78 is 11.2. The van der Waals surface area contributed by atoms with Crippen LogP contribution in [0.15, 0.2) is 42.0 Å². The van der Waals surface area contributed by atoms with Gasteiger partial charge in [0.25, 0.3) is 5.91 Å². The van der Waals surface area contributed by atoms with Crippen molar-refractivity contribution in [3.8, 4) is 17.6 Å². The van der Waals surface area contributed by atoms with E-state index in [1.165, 1.54) is 0 Å². The molecule has 0 aliphatic carbocycles. The molecule has 1 amide bonds. The van der Waals surface area contributed by atoms with Gasteiger partial charge in [0, 0.05) is 5.69 Å². The maximum atomic E-state index is 12.6. The van der Waals surface area contributed by atoms with E-state index in [-0.39, 0.29) is 5.57 Å². The van der Waals surface area contributed by atoms with Gasteiger partial charge in [0.15, 0.2) is 11.5 Å². The lowest BCUT2D eigenvalue weighted by Crippen LogP contribution is -2.14. The molecule has 0 atom stereocenters. The summed E-state index contributed by atoms with van der Waals surface area (Å²) in [6.07, 6.45) is 2.49. The second kappa shape index (κ2) is 10.3. The van der Waals surface area contributed by atoms with E-state index in [9.17, 15) is 10.1 Å². The number of aryl methyl sites for hydroxylation is 1. The quantitative estimate of drug-likeness (QED) is 0.490. The number of methoxy groups -OCH3 is 1. The highest BCUT2D eigenvalue weighted by Crippen LogP contribution is 2.29. The standard InChI is InChI=1S/C24H28N2O3/c1-16(2)11-12-29-22-10-9-19(14-23(22)28-5)13-20(15-25)24(27)26-21-8-6-7-17(3)18(21)4/h6-10,13-14,16H,11-12H2,1-5H3,(H,26,27)/b20-13+. The number of nitrogens with one attached hydrogen (secondary N) is 1. The van der Waals surface area contributed by atoms with Crippen molar-refractivity contribution in [1.82, 2.24) is 0 Å². The maximum absolute atomic E-state index is 12.6. The molecule has 1 N–H and O–H groups in total. The predicted octanol–water partition coefficient (Wildman–Crippen LogP) is 5.28. The van der Waals surface area contributed by atoms with E-state index >= 15 is 0 Å². The van der Waals surface area contributed by atoms with Crippen molar-refractivity contribution >= 4 is 17.7 Å². The summed E-state index contributed by atoms with van der Waals surface area (Å²) in [5.41, 5.74) is 3.44. The molecule has 0 spiro atoms. The molecule has 0 bridgehead atoms. The van der Waals surface area contributed by atoms with Crippen LogP contribution in [0, 0.1) is 31.1 Å². The minimum atomic E-state index is -0.447. The average Bonchev–Trinajstić information content (AvgIpc) is 2.69. The Morgan fingerprint density at radius 1 is 1.21 bits per heavy atom. The van der Waals surface area contributed by atoms with Gasteiger partial charge in [-0.05, 0) is 67.2 Å². The Bertz CT molecular complexity index is 940. The first kappa shape index (κ1) is 22.0. The number of nitriles is 1. The molecule has 2 rings (SSSR count). The molecule has 0 aliphatic heterocycles. The Hall–Kier alpha value is -3.26. The van der Waals surface area contributed by atoms with E-state index in [0.717, 1.165) is 17.5 Å². The first-order valence-corrected chi connectivity index (χ1v) is 9.66. The molecule has 5 heteroatoms. The first-order valence-electron chi connectivity index (χ1n) is 9.66. The Morgan fingerprint density at radius 3 is 2.62 bits per heavy atom. The van der Waals surface area contributed by atoms with E-state index in [4.69, 9.17) is 9.47 Å². The number of hydrogen-bond acceptors (Lipinski definition) is 4. The van der Waals surface area contributed by atoms with Crippen LogP contribution in [0.1, 0.15) is 37.0 Å². The molecule has 0 saturated carbocycles. The molecule has 0 radical (unpaired) electrons. The lowest BCUT2D eigenvalue weighted by Gasteiger charge is -2.12. The predicted molar refractivity (Wildman–Crippen MR) is 116 cm³/mol. The Kier molecular flexibility index (Phi) is 7.85. The van der Waals surface area contributed by atoms with Crippen molar-refractivity contribution in [2.24, 2.45) is 5.92 Å². The molecule has 152 valence electrons. The van der Waals surface area contributed by atoms with E-state index in [1.807, 2.05) is 38.1 Å². The van der Waals surface area contributed by atoms with Gasteiger partial charge in [0.2, 0.25) is 0 Å². The summed E-state index contributed by atoms with van der Waals surface area (Å²) in [6.45, 7) is 8.79. The average molecular weight is 392 g/mol. The highest BCUT2D eigenvalue weighted by molar-refractivity contribution is 6.10. The Morgan fingerprint density at radius 2 is 1.97 bits per heavy atom. The highest BCUT2D eigenvalue weighted by atomic mass is 16.5. The summed E-state index contributed by atoms with van der Waals surface area (Å²) in [6, 6.07) is 13.0. The number of rotatable bonds is 8. The zero-order valence-electron chi connectivity index (χ0n) is 17.7. The van der Waals surface area contributed by atoms with Gasteiger partial charge in [-0.2, -0.15) is 5.26 Å². The molecule has 2 aromatic carbocycles. The number of hydrogen-bond donors (Lipinski definition) is 1. The first-order chi connectivity index (χ1) is 13.8. The van der Waals surface area contributed by atoms with E-state index in [1.54, 1.807) is 31.4 Å². The molecule has 0 aromatic heterocycles. The van der Waals surface area contributed by atoms with Crippen molar-refractivity contribution in [2.75, 3.05) is 19.0 Å². The fourth-order valence-electron chi connectivity index (χ4n) is 2.69. The molecule has 0 unspecified atom stereocenters. The SMILES string of the molecule is COc1cc(/C=C(\C#N)C(=O)Nc2cccc(C)c2C)ccc1OCCC(C)C. The number of carbonyl (C=O) groups is 1. The molecule has 0 fully saturated rings. The summed E-state index contributed by atoms with van der Waals surface area (Å²) in [5.74, 6) is 1.31. The topological polar surface area (TPSA) is 71.3 Å². The zero-order valence-corrected chi connectivity index (χ0v) is 17.7. The third-order valence-electron chi connectivity index (χ3n) is 4.67. The molecular weight excluding hydrogens is 364 g/mol. The minimum Gasteiger partial charge on any atom is -0.493 e. The summed E-state index contributed by atoms with van der Waals surface area (Å²) >= 11 is 0. The summed E-state index contributed by atoms with van der Waals surface area (Å²) in [4.78, 5) is 12.6. The van der Waals surface area contributed by atoms with Crippen molar-refractivity contribution in [2.45, 2.75) is 34.1 Å². The van der Waals surface area contributed by atoms with Gasteiger partial charge in [-0.15, -0.1) is 0 Å². The van der Waals surface area contributed by atoms with Crippen LogP contribution in [0.2, 0.25) is 0 Å². The van der Waals surface area contributed by atoms with Gasteiger partial charge in [0.05, 0.1) is 13.7 Å². The van der Waals surface area contributed by atoms with Crippen molar-refractivity contribution in [3.63, 3.8) is 0 Å². The van der Waals surface area contributed by atoms with E-state index in [2.05, 4.69) is 19.2 Å². The zero-order chi connectivity index (χ0) is 21.4. The number of amides is 1. The monoisotopic (exact) mass is 392 g/mol. The third kappa shape index (κ3) is 6.11. The third-order valence-corrected chi connectivity index (χ3v) is 4.67. The van der Waals surface area contributed by atoms with Crippen LogP contribution in [0.3, 0.4) is 0 Å². The lowest BCUT2D eigenvalue weighted by molar-refractivity contribution is -0.112. The number of carbonyl (C=O) groups excluding carboxylic acids is 1. The van der Waals surface area contributed by atoms with Gasteiger partial charge in [-0.25, -0.2) is 0 Å². The van der Waals surface area contributed by atoms with Crippen molar-refractivity contribution < 1.29 is 14.3 Å². The molecule has 0 aliphatic rings. The van der Waals surface area contributed by atoms with Crippen LogP contribution in [0.25, 0.3) is 6.08 Å². The maximum Gasteiger partial charge on any atom is 0.266 e. The number of benzene rings is 2. The number of anilines is 1. The fraction of sp³-hybridized carbons (Fsp3) is 0.333. The Balaban J connectivity index is 2.20. The van der Waals surface area contributed by atoms with Gasteiger partial charge in [-0.1, -0.05) is 32.0 Å². The van der Waals surface area contributed by atoms with Crippen molar-refractivity contribution in [1.29, 1.82) is 5.26 Å². The minimum absolute atomic E-state index is 0.0152. The van der Waals surface area contributed by atoms with E-state index in [0.29, 0.717) is 35.3 Å². The molecule has 0 saturated heterocycles. The lowest BCUT2D eigenvalue weighted by atomic mass is 10.1. The van der Waals surface area contributed by atoms with Gasteiger partial charge < -0.3 is 14.8 Å². The number of nitrogens with zero attached hydrogens (tertiary/aromatic N) is 1. The van der Waals surface area contributed by atoms with Gasteiger partial charge in [-0.3, -0.25) is 4.79 Å². The van der Waals surface area contributed by atoms with Crippen LogP contribution < -0.4 is 14.8 Å². The normalized spacial score (nSPS) is 11.1. The fourth-order valence-corrected chi connectivity index (χ4v) is 2.69. The molecule has 5 nitrogen and oxygen atoms in total. The van der Waals surface area contributed by atoms with Crippen LogP contribution in [-0.2, 0) is 4.79 Å². The van der Waals surface area contributed by atoms with Crippen LogP contribution >= 0.6 is 0 Å². The van der Waals surface area contributed by atoms with E-state index < -0.39 is 5.91 Å². The van der Waals surface area contributed by atoms with Gasteiger partial charge >= 0.3 is 0 Å². The molecular formula is C24H28N2O3. The second-order valence-electron chi connectivity index (χ2n) is 7.31. The second-order valence-corrected chi connectivity index (χ2v) is 7.31. The molecule has 2 aromatic rings. The smallest absolute Gasteiger partial charge is 0.266 e. The molecule has 29 heavy (non-hydrogen) atoms. The van der Waals surface area contributed by atoms with Crippen molar-refractivity contribution in [3.05, 3.63) is 58.7 Å². The molecule has 0 heterocycles. The summed E-state index contributed by atoms with van der Waals surface area (Å²) in [5, 5.41) is 12.3. The highest BCUT2D eigenvalue weighted by Gasteiger charge is 2.13. The largest absolute Gasteiger partial charge is 0.493 e. The van der Waals surface area contributed by atoms with Crippen LogP contribution in [-0.4, -0.2) is 19.6 Å². The number of ether oxygens (including phenoxy) is 2. The van der Waals surface area contributed by atoms with Crippen LogP contribution in [0.5, 0.6) is 11.5 Å². The Labute approximate surface area is 173 Å². The van der Waals surface area contributed by atoms with Gasteiger partial charge in [0.1, 0.15) is 11.6 Å². The summed E-state index contributed by atoms with van der Waals surface area (Å²) in [7, 11) is 1.57.